The summed E-state index contributed by atoms with van der Waals surface area (Å²) in [4.78, 5) is 32.5. The molecule has 0 bridgehead atoms. The van der Waals surface area contributed by atoms with Gasteiger partial charge in [0.2, 0.25) is 5.82 Å². The third-order valence-corrected chi connectivity index (χ3v) is 4.23. The number of carbonyl (C=O) groups is 1. The molecule has 0 fully saturated rings. The number of H-pyrrole nitrogens is 1. The maximum absolute atomic E-state index is 12.3. The third kappa shape index (κ3) is 3.37. The van der Waals surface area contributed by atoms with E-state index in [4.69, 9.17) is 4.74 Å². The molecule has 0 unspecified atom stereocenters. The minimum Gasteiger partial charge on any atom is -0.465 e. The summed E-state index contributed by atoms with van der Waals surface area (Å²) in [6, 6.07) is 12.4. The van der Waals surface area contributed by atoms with Gasteiger partial charge in [0.15, 0.2) is 0 Å². The Morgan fingerprint density at radius 2 is 1.96 bits per heavy atom. The van der Waals surface area contributed by atoms with Crippen molar-refractivity contribution in [2.45, 2.75) is 13.5 Å². The standard InChI is InChI=1S/C19H16N6O3/c1-11-3-5-12(6-4-11)17-22-24-25(23-17)10-16-20-15-9-13(19(27)28-2)7-8-14(15)18(26)21-16/h3-9H,10H2,1-2H3,(H,20,21,26). The molecule has 2 heterocycles. The number of carbonyl (C=O) groups excluding carboxylic acids is 1. The van der Waals surface area contributed by atoms with Crippen LogP contribution in [0.2, 0.25) is 0 Å². The Morgan fingerprint density at radius 3 is 2.71 bits per heavy atom. The number of ether oxygens (including phenoxy) is 1. The second-order valence-electron chi connectivity index (χ2n) is 6.25. The number of hydrogen-bond acceptors (Lipinski definition) is 7. The molecule has 0 atom stereocenters. The van der Waals surface area contributed by atoms with E-state index in [-0.39, 0.29) is 12.1 Å². The number of aromatic amines is 1. The van der Waals surface area contributed by atoms with Gasteiger partial charge in [-0.15, -0.1) is 10.2 Å². The Balaban J connectivity index is 1.65. The smallest absolute Gasteiger partial charge is 0.337 e. The van der Waals surface area contributed by atoms with Crippen molar-refractivity contribution in [3.63, 3.8) is 0 Å². The number of methoxy groups -OCH3 is 1. The lowest BCUT2D eigenvalue weighted by Gasteiger charge is -2.04. The van der Waals surface area contributed by atoms with Crippen molar-refractivity contribution in [2.75, 3.05) is 7.11 Å². The van der Waals surface area contributed by atoms with E-state index in [9.17, 15) is 9.59 Å². The van der Waals surface area contributed by atoms with E-state index >= 15 is 0 Å². The Hall–Kier alpha value is -3.88. The summed E-state index contributed by atoms with van der Waals surface area (Å²) in [5.41, 5.74) is 2.38. The number of nitrogens with one attached hydrogen (secondary N) is 1. The molecule has 1 N–H and O–H groups in total. The Bertz CT molecular complexity index is 1230. The lowest BCUT2D eigenvalue weighted by Crippen LogP contribution is -2.16. The van der Waals surface area contributed by atoms with E-state index in [0.29, 0.717) is 28.1 Å². The lowest BCUT2D eigenvalue weighted by molar-refractivity contribution is 0.0601. The van der Waals surface area contributed by atoms with Crippen LogP contribution in [0, 0.1) is 6.92 Å². The van der Waals surface area contributed by atoms with Gasteiger partial charge in [-0.1, -0.05) is 29.8 Å². The zero-order valence-corrected chi connectivity index (χ0v) is 15.2. The van der Waals surface area contributed by atoms with E-state index in [0.717, 1.165) is 11.1 Å². The van der Waals surface area contributed by atoms with Gasteiger partial charge in [-0.3, -0.25) is 4.79 Å². The monoisotopic (exact) mass is 376 g/mol. The second-order valence-corrected chi connectivity index (χ2v) is 6.25. The highest BCUT2D eigenvalue weighted by Crippen LogP contribution is 2.15. The van der Waals surface area contributed by atoms with Gasteiger partial charge in [0.25, 0.3) is 5.56 Å². The number of aromatic nitrogens is 6. The van der Waals surface area contributed by atoms with Crippen LogP contribution in [0.5, 0.6) is 0 Å². The van der Waals surface area contributed by atoms with E-state index in [1.165, 1.54) is 24.0 Å². The second kappa shape index (κ2) is 7.03. The number of benzene rings is 2. The number of fused-ring (bicyclic) bond motifs is 1. The molecule has 0 amide bonds. The van der Waals surface area contributed by atoms with Gasteiger partial charge in [-0.05, 0) is 30.3 Å². The first-order valence-electron chi connectivity index (χ1n) is 8.49. The highest BCUT2D eigenvalue weighted by Gasteiger charge is 2.12. The number of aryl methyl sites for hydroxylation is 1. The van der Waals surface area contributed by atoms with Gasteiger partial charge in [-0.2, -0.15) is 4.80 Å². The first-order valence-corrected chi connectivity index (χ1v) is 8.49. The highest BCUT2D eigenvalue weighted by atomic mass is 16.5. The summed E-state index contributed by atoms with van der Waals surface area (Å²) in [7, 11) is 1.30. The molecule has 0 saturated heterocycles. The van der Waals surface area contributed by atoms with Crippen LogP contribution in [0.15, 0.2) is 47.3 Å². The van der Waals surface area contributed by atoms with Crippen molar-refractivity contribution in [3.05, 3.63) is 69.8 Å². The average molecular weight is 376 g/mol. The number of nitrogens with zero attached hydrogens (tertiary/aromatic N) is 5. The fourth-order valence-corrected chi connectivity index (χ4v) is 2.77. The van der Waals surface area contributed by atoms with Crippen molar-refractivity contribution < 1.29 is 9.53 Å². The van der Waals surface area contributed by atoms with E-state index < -0.39 is 5.97 Å². The molecule has 0 aliphatic carbocycles. The van der Waals surface area contributed by atoms with Crippen LogP contribution < -0.4 is 5.56 Å². The maximum atomic E-state index is 12.3. The largest absolute Gasteiger partial charge is 0.465 e. The van der Waals surface area contributed by atoms with E-state index in [2.05, 4.69) is 25.4 Å². The molecular formula is C19H16N6O3. The van der Waals surface area contributed by atoms with Gasteiger partial charge < -0.3 is 9.72 Å². The van der Waals surface area contributed by atoms with Crippen LogP contribution in [0.1, 0.15) is 21.7 Å². The normalized spacial score (nSPS) is 10.9. The SMILES string of the molecule is COC(=O)c1ccc2c(=O)[nH]c(Cn3nnc(-c4ccc(C)cc4)n3)nc2c1. The zero-order chi connectivity index (χ0) is 19.7. The molecule has 9 nitrogen and oxygen atoms in total. The molecule has 2 aromatic carbocycles. The Morgan fingerprint density at radius 1 is 1.18 bits per heavy atom. The Labute approximate surface area is 159 Å². The van der Waals surface area contributed by atoms with Gasteiger partial charge in [-0.25, -0.2) is 9.78 Å². The minimum atomic E-state index is -0.494. The van der Waals surface area contributed by atoms with Crippen LogP contribution >= 0.6 is 0 Å². The van der Waals surface area contributed by atoms with Gasteiger partial charge >= 0.3 is 5.97 Å². The summed E-state index contributed by atoms with van der Waals surface area (Å²) in [5, 5.41) is 12.8. The Kier molecular flexibility index (Phi) is 4.40. The van der Waals surface area contributed by atoms with Crippen LogP contribution in [0.4, 0.5) is 0 Å². The molecule has 4 rings (SSSR count). The molecule has 0 radical (unpaired) electrons. The molecule has 4 aromatic rings. The third-order valence-electron chi connectivity index (χ3n) is 4.23. The maximum Gasteiger partial charge on any atom is 0.337 e. The molecule has 0 aliphatic heterocycles. The molecule has 140 valence electrons. The first-order chi connectivity index (χ1) is 13.5. The number of esters is 1. The molecule has 2 aromatic heterocycles. The number of hydrogen-bond donors (Lipinski definition) is 1. The van der Waals surface area contributed by atoms with Crippen molar-refractivity contribution in [1.82, 2.24) is 30.2 Å². The highest BCUT2D eigenvalue weighted by molar-refractivity contribution is 5.93. The van der Waals surface area contributed by atoms with Gasteiger partial charge in [0.05, 0.1) is 23.6 Å². The van der Waals surface area contributed by atoms with Gasteiger partial charge in [0.1, 0.15) is 12.4 Å². The minimum absolute atomic E-state index is 0.131. The van der Waals surface area contributed by atoms with Crippen molar-refractivity contribution in [2.24, 2.45) is 0 Å². The average Bonchev–Trinajstić information content (AvgIpc) is 3.16. The first kappa shape index (κ1) is 17.5. The fraction of sp³-hybridized carbons (Fsp3) is 0.158. The summed E-state index contributed by atoms with van der Waals surface area (Å²) >= 11 is 0. The van der Waals surface area contributed by atoms with Crippen molar-refractivity contribution in [1.29, 1.82) is 0 Å². The molecule has 9 heteroatoms. The van der Waals surface area contributed by atoms with E-state index in [1.807, 2.05) is 31.2 Å². The number of tetrazole rings is 1. The van der Waals surface area contributed by atoms with Gasteiger partial charge in [0, 0.05) is 5.56 Å². The molecule has 0 saturated carbocycles. The van der Waals surface area contributed by atoms with Crippen LogP contribution in [0.3, 0.4) is 0 Å². The summed E-state index contributed by atoms with van der Waals surface area (Å²) < 4.78 is 4.71. The molecule has 28 heavy (non-hydrogen) atoms. The lowest BCUT2D eigenvalue weighted by atomic mass is 10.1. The van der Waals surface area contributed by atoms with Crippen LogP contribution in [-0.2, 0) is 11.3 Å². The fourth-order valence-electron chi connectivity index (χ4n) is 2.77. The van der Waals surface area contributed by atoms with E-state index in [1.54, 1.807) is 6.07 Å². The van der Waals surface area contributed by atoms with Crippen LogP contribution in [0.25, 0.3) is 22.3 Å². The summed E-state index contributed by atoms with van der Waals surface area (Å²) in [5.74, 6) is 0.342. The molecule has 0 spiro atoms. The molecule has 0 aliphatic rings. The van der Waals surface area contributed by atoms with Crippen molar-refractivity contribution >= 4 is 16.9 Å². The number of rotatable bonds is 4. The summed E-state index contributed by atoms with van der Waals surface area (Å²) in [6.45, 7) is 2.13. The predicted octanol–water partition coefficient (Wildman–Crippen LogP) is 1.72. The quantitative estimate of drug-likeness (QED) is 0.539. The zero-order valence-electron chi connectivity index (χ0n) is 15.2. The van der Waals surface area contributed by atoms with Crippen molar-refractivity contribution in [3.8, 4) is 11.4 Å². The summed E-state index contributed by atoms with van der Waals surface area (Å²) in [6.07, 6.45) is 0. The predicted molar refractivity (Wildman–Crippen MR) is 101 cm³/mol. The molecular weight excluding hydrogens is 360 g/mol. The van der Waals surface area contributed by atoms with Crippen LogP contribution in [-0.4, -0.2) is 43.3 Å². The topological polar surface area (TPSA) is 116 Å².